The largest absolute Gasteiger partial charge is 0.497 e. The second-order valence-corrected chi connectivity index (χ2v) is 7.05. The Morgan fingerprint density at radius 2 is 1.79 bits per heavy atom. The van der Waals surface area contributed by atoms with Crippen LogP contribution in [0.4, 0.5) is 4.39 Å². The highest BCUT2D eigenvalue weighted by Gasteiger charge is 2.07. The zero-order valence-electron chi connectivity index (χ0n) is 16.9. The zero-order valence-corrected chi connectivity index (χ0v) is 17.7. The summed E-state index contributed by atoms with van der Waals surface area (Å²) in [7, 11) is 3.26. The van der Waals surface area contributed by atoms with Crippen LogP contribution in [0.5, 0.6) is 5.75 Å². The molecule has 0 saturated carbocycles. The monoisotopic (exact) mass is 418 g/mol. The predicted octanol–water partition coefficient (Wildman–Crippen LogP) is 2.79. The Morgan fingerprint density at radius 3 is 2.45 bits per heavy atom. The standard InChI is InChI=1S/C21H27FN4O2S/c1-23-21(26-13-16-4-7-18(22)12-17(16)14-29-3)25-11-10-24-20(27)15-5-8-19(28-2)9-6-15/h4-9,12H,10-11,13-14H2,1-3H3,(H,24,27)(H2,23,25,26). The van der Waals surface area contributed by atoms with Gasteiger partial charge < -0.3 is 20.7 Å². The minimum atomic E-state index is -0.229. The minimum Gasteiger partial charge on any atom is -0.497 e. The maximum Gasteiger partial charge on any atom is 0.251 e. The van der Waals surface area contributed by atoms with Crippen molar-refractivity contribution in [2.45, 2.75) is 12.3 Å². The SMILES string of the molecule is CN=C(NCCNC(=O)c1ccc(OC)cc1)NCc1ccc(F)cc1CSC. The van der Waals surface area contributed by atoms with Gasteiger partial charge in [-0.1, -0.05) is 6.07 Å². The lowest BCUT2D eigenvalue weighted by atomic mass is 10.1. The summed E-state index contributed by atoms with van der Waals surface area (Å²) in [5, 5.41) is 9.22. The highest BCUT2D eigenvalue weighted by molar-refractivity contribution is 7.97. The molecule has 0 aliphatic carbocycles. The van der Waals surface area contributed by atoms with Gasteiger partial charge in [0.25, 0.3) is 5.91 Å². The van der Waals surface area contributed by atoms with Crippen LogP contribution in [0.15, 0.2) is 47.5 Å². The van der Waals surface area contributed by atoms with Gasteiger partial charge in [0.05, 0.1) is 7.11 Å². The first-order valence-electron chi connectivity index (χ1n) is 9.20. The number of nitrogens with one attached hydrogen (secondary N) is 3. The summed E-state index contributed by atoms with van der Waals surface area (Å²) in [6, 6.07) is 11.8. The van der Waals surface area contributed by atoms with Crippen molar-refractivity contribution in [3.63, 3.8) is 0 Å². The number of methoxy groups -OCH3 is 1. The molecular formula is C21H27FN4O2S. The summed E-state index contributed by atoms with van der Waals surface area (Å²) in [5.41, 5.74) is 2.56. The lowest BCUT2D eigenvalue weighted by molar-refractivity contribution is 0.0954. The Bertz CT molecular complexity index is 828. The topological polar surface area (TPSA) is 74.8 Å². The Morgan fingerprint density at radius 1 is 1.07 bits per heavy atom. The molecule has 0 radical (unpaired) electrons. The van der Waals surface area contributed by atoms with Crippen LogP contribution in [0.1, 0.15) is 21.5 Å². The van der Waals surface area contributed by atoms with Gasteiger partial charge in [0, 0.05) is 38.0 Å². The molecule has 0 fully saturated rings. The molecular weight excluding hydrogens is 391 g/mol. The number of nitrogens with zero attached hydrogens (tertiary/aromatic N) is 1. The molecule has 29 heavy (non-hydrogen) atoms. The third kappa shape index (κ3) is 7.30. The highest BCUT2D eigenvalue weighted by Crippen LogP contribution is 2.16. The van der Waals surface area contributed by atoms with Crippen molar-refractivity contribution >= 4 is 23.6 Å². The number of benzene rings is 2. The van der Waals surface area contributed by atoms with Crippen molar-refractivity contribution in [3.8, 4) is 5.75 Å². The first kappa shape index (κ1) is 22.5. The molecule has 2 rings (SSSR count). The molecule has 0 saturated heterocycles. The molecule has 8 heteroatoms. The van der Waals surface area contributed by atoms with Crippen molar-refractivity contribution in [1.29, 1.82) is 0 Å². The van der Waals surface area contributed by atoms with Gasteiger partial charge in [0.2, 0.25) is 0 Å². The van der Waals surface area contributed by atoms with Gasteiger partial charge in [-0.25, -0.2) is 4.39 Å². The number of carbonyl (C=O) groups excluding carboxylic acids is 1. The Kier molecular flexibility index (Phi) is 9.30. The van der Waals surface area contributed by atoms with Crippen LogP contribution in [0.3, 0.4) is 0 Å². The molecule has 2 aromatic carbocycles. The quantitative estimate of drug-likeness (QED) is 0.332. The first-order chi connectivity index (χ1) is 14.1. The first-order valence-corrected chi connectivity index (χ1v) is 10.6. The molecule has 0 atom stereocenters. The molecule has 0 aliphatic heterocycles. The predicted molar refractivity (Wildman–Crippen MR) is 117 cm³/mol. The van der Waals surface area contributed by atoms with E-state index < -0.39 is 0 Å². The summed E-state index contributed by atoms with van der Waals surface area (Å²) < 4.78 is 18.5. The minimum absolute atomic E-state index is 0.148. The lowest BCUT2D eigenvalue weighted by Crippen LogP contribution is -2.41. The van der Waals surface area contributed by atoms with E-state index in [4.69, 9.17) is 4.74 Å². The van der Waals surface area contributed by atoms with Crippen LogP contribution in [0.25, 0.3) is 0 Å². The van der Waals surface area contributed by atoms with Gasteiger partial charge in [-0.05, 0) is 53.8 Å². The Labute approximate surface area is 175 Å². The number of halogens is 1. The van der Waals surface area contributed by atoms with Crippen LogP contribution in [-0.4, -0.2) is 45.4 Å². The normalized spacial score (nSPS) is 11.1. The molecule has 0 unspecified atom stereocenters. The van der Waals surface area contributed by atoms with Crippen LogP contribution in [-0.2, 0) is 12.3 Å². The van der Waals surface area contributed by atoms with Crippen molar-refractivity contribution in [1.82, 2.24) is 16.0 Å². The molecule has 2 aromatic rings. The Balaban J connectivity index is 1.77. The van der Waals surface area contributed by atoms with Crippen molar-refractivity contribution in [2.75, 3.05) is 33.5 Å². The van der Waals surface area contributed by atoms with E-state index in [1.54, 1.807) is 62.3 Å². The van der Waals surface area contributed by atoms with Gasteiger partial charge in [0.15, 0.2) is 5.96 Å². The molecule has 0 spiro atoms. The van der Waals surface area contributed by atoms with Crippen molar-refractivity contribution in [3.05, 3.63) is 65.0 Å². The van der Waals surface area contributed by atoms with E-state index in [9.17, 15) is 9.18 Å². The number of amides is 1. The van der Waals surface area contributed by atoms with Crippen LogP contribution in [0, 0.1) is 5.82 Å². The fourth-order valence-electron chi connectivity index (χ4n) is 2.66. The number of aliphatic imine (C=N–C) groups is 1. The van der Waals surface area contributed by atoms with E-state index in [1.165, 1.54) is 6.07 Å². The van der Waals surface area contributed by atoms with Gasteiger partial charge >= 0.3 is 0 Å². The van der Waals surface area contributed by atoms with Gasteiger partial charge in [-0.3, -0.25) is 9.79 Å². The number of hydrogen-bond donors (Lipinski definition) is 3. The number of rotatable bonds is 9. The van der Waals surface area contributed by atoms with Gasteiger partial charge in [0.1, 0.15) is 11.6 Å². The van der Waals surface area contributed by atoms with Gasteiger partial charge in [-0.15, -0.1) is 0 Å². The van der Waals surface area contributed by atoms with E-state index in [1.807, 2.05) is 6.26 Å². The molecule has 0 aliphatic rings. The van der Waals surface area contributed by atoms with E-state index in [0.29, 0.717) is 36.9 Å². The number of thioether (sulfide) groups is 1. The third-order valence-corrected chi connectivity index (χ3v) is 4.79. The average molecular weight is 419 g/mol. The van der Waals surface area contributed by atoms with Crippen LogP contribution < -0.4 is 20.7 Å². The summed E-state index contributed by atoms with van der Waals surface area (Å²) in [5.74, 6) is 1.69. The summed E-state index contributed by atoms with van der Waals surface area (Å²) in [6.07, 6.45) is 1.99. The number of carbonyl (C=O) groups is 1. The molecule has 3 N–H and O–H groups in total. The maximum atomic E-state index is 13.5. The third-order valence-electron chi connectivity index (χ3n) is 4.19. The fraction of sp³-hybridized carbons (Fsp3) is 0.333. The lowest BCUT2D eigenvalue weighted by Gasteiger charge is -2.14. The maximum absolute atomic E-state index is 13.5. The van der Waals surface area contributed by atoms with E-state index in [-0.39, 0.29) is 11.7 Å². The van der Waals surface area contributed by atoms with E-state index in [2.05, 4.69) is 20.9 Å². The van der Waals surface area contributed by atoms with Crippen LogP contribution >= 0.6 is 11.8 Å². The second-order valence-electron chi connectivity index (χ2n) is 6.18. The van der Waals surface area contributed by atoms with Crippen molar-refractivity contribution in [2.24, 2.45) is 4.99 Å². The molecule has 6 nitrogen and oxygen atoms in total. The molecule has 0 aromatic heterocycles. The second kappa shape index (κ2) is 12.0. The molecule has 1 amide bonds. The zero-order chi connectivity index (χ0) is 21.1. The highest BCUT2D eigenvalue weighted by atomic mass is 32.2. The van der Waals surface area contributed by atoms with E-state index >= 15 is 0 Å². The average Bonchev–Trinajstić information content (AvgIpc) is 2.74. The summed E-state index contributed by atoms with van der Waals surface area (Å²) in [6.45, 7) is 1.50. The van der Waals surface area contributed by atoms with Crippen molar-refractivity contribution < 1.29 is 13.9 Å². The Hall–Kier alpha value is -2.74. The number of hydrogen-bond acceptors (Lipinski definition) is 4. The van der Waals surface area contributed by atoms with Crippen LogP contribution in [0.2, 0.25) is 0 Å². The summed E-state index contributed by atoms with van der Waals surface area (Å²) >= 11 is 1.65. The fourth-order valence-corrected chi connectivity index (χ4v) is 3.24. The summed E-state index contributed by atoms with van der Waals surface area (Å²) in [4.78, 5) is 16.3. The molecule has 0 bridgehead atoms. The number of ether oxygens (including phenoxy) is 1. The molecule has 0 heterocycles. The van der Waals surface area contributed by atoms with Gasteiger partial charge in [-0.2, -0.15) is 11.8 Å². The number of guanidine groups is 1. The molecule has 156 valence electrons. The van der Waals surface area contributed by atoms with E-state index in [0.717, 1.165) is 16.9 Å². The smallest absolute Gasteiger partial charge is 0.251 e.